The van der Waals surface area contributed by atoms with Crippen molar-refractivity contribution in [3.05, 3.63) is 11.6 Å². The van der Waals surface area contributed by atoms with E-state index in [1.165, 1.54) is 32.6 Å². The van der Waals surface area contributed by atoms with Crippen molar-refractivity contribution in [2.24, 2.45) is 5.92 Å². The molecule has 1 N–H and O–H groups in total. The van der Waals surface area contributed by atoms with Gasteiger partial charge in [0.05, 0.1) is 0 Å². The van der Waals surface area contributed by atoms with Crippen molar-refractivity contribution in [2.75, 3.05) is 0 Å². The van der Waals surface area contributed by atoms with E-state index in [0.29, 0.717) is 0 Å². The fourth-order valence-electron chi connectivity index (χ4n) is 1.98. The lowest BCUT2D eigenvalue weighted by molar-refractivity contribution is 0.277. The third-order valence-electron chi connectivity index (χ3n) is 3.05. The summed E-state index contributed by atoms with van der Waals surface area (Å²) in [7, 11) is 0. The Morgan fingerprint density at radius 3 is 1.75 bits per heavy atom. The summed E-state index contributed by atoms with van der Waals surface area (Å²) in [5.74, 6) is -0.367. The van der Waals surface area contributed by atoms with E-state index in [9.17, 15) is 9.50 Å². The first-order valence-corrected chi connectivity index (χ1v) is 6.68. The van der Waals surface area contributed by atoms with Crippen molar-refractivity contribution in [1.29, 1.82) is 0 Å². The molecule has 0 amide bonds. The number of rotatable bonds is 9. The van der Waals surface area contributed by atoms with E-state index in [1.807, 2.05) is 0 Å². The zero-order chi connectivity index (χ0) is 12.4. The molecule has 0 radical (unpaired) electrons. The van der Waals surface area contributed by atoms with E-state index in [4.69, 9.17) is 0 Å². The molecule has 0 rings (SSSR count). The molecule has 16 heavy (non-hydrogen) atoms. The number of hydrogen-bond acceptors (Lipinski definition) is 1. The SMILES string of the molecule is CCCCCC(CCCCC)C(O)=C(C)F. The van der Waals surface area contributed by atoms with Crippen LogP contribution in [0.5, 0.6) is 0 Å². The first kappa shape index (κ1) is 15.5. The molecule has 0 aromatic heterocycles. The third kappa shape index (κ3) is 6.86. The van der Waals surface area contributed by atoms with Crippen LogP contribution in [-0.4, -0.2) is 5.11 Å². The van der Waals surface area contributed by atoms with Gasteiger partial charge in [-0.1, -0.05) is 52.4 Å². The topological polar surface area (TPSA) is 20.2 Å². The third-order valence-corrected chi connectivity index (χ3v) is 3.05. The largest absolute Gasteiger partial charge is 0.509 e. The van der Waals surface area contributed by atoms with Gasteiger partial charge in [-0.2, -0.15) is 0 Å². The summed E-state index contributed by atoms with van der Waals surface area (Å²) in [5.41, 5.74) is 0. The summed E-state index contributed by atoms with van der Waals surface area (Å²) in [6.45, 7) is 5.66. The molecule has 0 fully saturated rings. The highest BCUT2D eigenvalue weighted by Crippen LogP contribution is 2.25. The zero-order valence-electron chi connectivity index (χ0n) is 11.1. The Bertz CT molecular complexity index is 185. The van der Waals surface area contributed by atoms with Gasteiger partial charge < -0.3 is 5.11 Å². The van der Waals surface area contributed by atoms with E-state index in [2.05, 4.69) is 13.8 Å². The van der Waals surface area contributed by atoms with Crippen LogP contribution in [0, 0.1) is 5.92 Å². The van der Waals surface area contributed by atoms with Crippen molar-refractivity contribution < 1.29 is 9.50 Å². The molecule has 0 atom stereocenters. The number of aliphatic hydroxyl groups is 1. The van der Waals surface area contributed by atoms with Crippen molar-refractivity contribution in [2.45, 2.75) is 72.1 Å². The van der Waals surface area contributed by atoms with Crippen LogP contribution in [-0.2, 0) is 0 Å². The molecule has 0 aromatic carbocycles. The lowest BCUT2D eigenvalue weighted by Crippen LogP contribution is -2.06. The van der Waals surface area contributed by atoms with Gasteiger partial charge in [0.15, 0.2) is 0 Å². The number of unbranched alkanes of at least 4 members (excludes halogenated alkanes) is 4. The highest BCUT2D eigenvalue weighted by Gasteiger charge is 2.15. The monoisotopic (exact) mass is 230 g/mol. The molecule has 0 saturated carbocycles. The zero-order valence-corrected chi connectivity index (χ0v) is 11.1. The second-order valence-electron chi connectivity index (χ2n) is 4.61. The van der Waals surface area contributed by atoms with E-state index < -0.39 is 5.83 Å². The first-order valence-electron chi connectivity index (χ1n) is 6.68. The van der Waals surface area contributed by atoms with Crippen LogP contribution in [0.1, 0.15) is 72.1 Å². The molecule has 0 unspecified atom stereocenters. The minimum absolute atomic E-state index is 0.00722. The summed E-state index contributed by atoms with van der Waals surface area (Å²) >= 11 is 0. The summed E-state index contributed by atoms with van der Waals surface area (Å²) in [6, 6.07) is 0. The van der Waals surface area contributed by atoms with Crippen LogP contribution in [0.2, 0.25) is 0 Å². The summed E-state index contributed by atoms with van der Waals surface area (Å²) < 4.78 is 13.0. The Labute approximate surface area is 99.8 Å². The molecular weight excluding hydrogens is 203 g/mol. The molecule has 0 bridgehead atoms. The maximum Gasteiger partial charge on any atom is 0.134 e. The fraction of sp³-hybridized carbons (Fsp3) is 0.857. The maximum absolute atomic E-state index is 13.0. The van der Waals surface area contributed by atoms with Gasteiger partial charge in [-0.15, -0.1) is 0 Å². The van der Waals surface area contributed by atoms with Crippen molar-refractivity contribution >= 4 is 0 Å². The van der Waals surface area contributed by atoms with Crippen molar-refractivity contribution in [3.63, 3.8) is 0 Å². The molecule has 0 spiro atoms. The van der Waals surface area contributed by atoms with Gasteiger partial charge in [-0.25, -0.2) is 4.39 Å². The number of allylic oxidation sites excluding steroid dienone is 2. The molecule has 0 heterocycles. The number of aliphatic hydroxyl groups excluding tert-OH is 1. The minimum Gasteiger partial charge on any atom is -0.509 e. The fourth-order valence-corrected chi connectivity index (χ4v) is 1.98. The van der Waals surface area contributed by atoms with Crippen LogP contribution in [0.15, 0.2) is 11.6 Å². The van der Waals surface area contributed by atoms with Gasteiger partial charge in [-0.05, 0) is 19.8 Å². The van der Waals surface area contributed by atoms with E-state index in [0.717, 1.165) is 25.7 Å². The second kappa shape index (κ2) is 9.68. The molecule has 96 valence electrons. The normalized spacial score (nSPS) is 13.1. The van der Waals surface area contributed by atoms with E-state index in [-0.39, 0.29) is 11.7 Å². The predicted molar refractivity (Wildman–Crippen MR) is 68.2 cm³/mol. The molecule has 0 aliphatic heterocycles. The molecule has 0 saturated heterocycles. The molecule has 2 heteroatoms. The van der Waals surface area contributed by atoms with Crippen LogP contribution in [0.3, 0.4) is 0 Å². The smallest absolute Gasteiger partial charge is 0.134 e. The quantitative estimate of drug-likeness (QED) is 0.408. The Hall–Kier alpha value is -0.530. The Kier molecular flexibility index (Phi) is 9.36. The summed E-state index contributed by atoms with van der Waals surface area (Å²) in [4.78, 5) is 0. The average Bonchev–Trinajstić information content (AvgIpc) is 2.26. The van der Waals surface area contributed by atoms with Crippen LogP contribution in [0.25, 0.3) is 0 Å². The lowest BCUT2D eigenvalue weighted by atomic mass is 9.93. The lowest BCUT2D eigenvalue weighted by Gasteiger charge is -2.16. The number of hydrogen-bond donors (Lipinski definition) is 1. The average molecular weight is 230 g/mol. The molecule has 0 aliphatic rings. The predicted octanol–water partition coefficient (Wildman–Crippen LogP) is 5.52. The van der Waals surface area contributed by atoms with Gasteiger partial charge in [0.1, 0.15) is 11.6 Å². The Morgan fingerprint density at radius 2 is 1.44 bits per heavy atom. The highest BCUT2D eigenvalue weighted by molar-refractivity contribution is 5.00. The molecule has 1 nitrogen and oxygen atoms in total. The van der Waals surface area contributed by atoms with E-state index in [1.54, 1.807) is 0 Å². The minimum atomic E-state index is -0.405. The van der Waals surface area contributed by atoms with Crippen molar-refractivity contribution in [3.8, 4) is 0 Å². The van der Waals surface area contributed by atoms with Gasteiger partial charge in [0.25, 0.3) is 0 Å². The van der Waals surface area contributed by atoms with Gasteiger partial charge in [-0.3, -0.25) is 0 Å². The highest BCUT2D eigenvalue weighted by atomic mass is 19.1. The van der Waals surface area contributed by atoms with E-state index >= 15 is 0 Å². The first-order chi connectivity index (χ1) is 7.63. The second-order valence-corrected chi connectivity index (χ2v) is 4.61. The molecular formula is C14H27FO. The van der Waals surface area contributed by atoms with Crippen LogP contribution in [0.4, 0.5) is 4.39 Å². The van der Waals surface area contributed by atoms with Crippen LogP contribution >= 0.6 is 0 Å². The summed E-state index contributed by atoms with van der Waals surface area (Å²) in [5, 5.41) is 9.69. The van der Waals surface area contributed by atoms with Gasteiger partial charge in [0.2, 0.25) is 0 Å². The Morgan fingerprint density at radius 1 is 1.00 bits per heavy atom. The van der Waals surface area contributed by atoms with Crippen LogP contribution < -0.4 is 0 Å². The molecule has 0 aliphatic carbocycles. The van der Waals surface area contributed by atoms with Gasteiger partial charge in [0, 0.05) is 5.92 Å². The maximum atomic E-state index is 13.0. The van der Waals surface area contributed by atoms with Gasteiger partial charge >= 0.3 is 0 Å². The standard InChI is InChI=1S/C14H27FO/c1-4-6-8-10-13(11-9-7-5-2)14(16)12(3)15/h13,16H,4-11H2,1-3H3. The molecule has 0 aromatic rings. The summed E-state index contributed by atoms with van der Waals surface area (Å²) in [6.07, 6.45) is 8.69. The number of halogens is 1. The van der Waals surface area contributed by atoms with Crippen molar-refractivity contribution in [1.82, 2.24) is 0 Å². The Balaban J connectivity index is 4.11.